The fourth-order valence-electron chi connectivity index (χ4n) is 3.14. The number of amides is 1. The fourth-order valence-corrected chi connectivity index (χ4v) is 3.14. The number of rotatable bonds is 4. The third kappa shape index (κ3) is 3.29. The summed E-state index contributed by atoms with van der Waals surface area (Å²) in [7, 11) is 3.74. The first-order valence-corrected chi connectivity index (χ1v) is 8.86. The highest BCUT2D eigenvalue weighted by Gasteiger charge is 2.16. The van der Waals surface area contributed by atoms with Crippen molar-refractivity contribution in [3.8, 4) is 11.3 Å². The van der Waals surface area contributed by atoms with Crippen LogP contribution in [0.2, 0.25) is 0 Å². The van der Waals surface area contributed by atoms with Gasteiger partial charge in [-0.25, -0.2) is 9.97 Å². The van der Waals surface area contributed by atoms with Gasteiger partial charge in [0.2, 0.25) is 0 Å². The van der Waals surface area contributed by atoms with Crippen LogP contribution in [0.3, 0.4) is 0 Å². The average molecular weight is 372 g/mol. The Morgan fingerprint density at radius 3 is 2.54 bits per heavy atom. The molecule has 0 radical (unpaired) electrons. The molecule has 4 rings (SSSR count). The zero-order chi connectivity index (χ0) is 19.7. The van der Waals surface area contributed by atoms with E-state index >= 15 is 0 Å². The Morgan fingerprint density at radius 2 is 1.82 bits per heavy atom. The molecule has 7 nitrogen and oxygen atoms in total. The van der Waals surface area contributed by atoms with Crippen molar-refractivity contribution in [2.75, 3.05) is 12.8 Å². The summed E-state index contributed by atoms with van der Waals surface area (Å²) >= 11 is 0. The second-order valence-electron chi connectivity index (χ2n) is 6.64. The molecule has 2 N–H and O–H groups in total. The van der Waals surface area contributed by atoms with Gasteiger partial charge in [-0.1, -0.05) is 24.3 Å². The molecule has 2 aromatic heterocycles. The first-order valence-electron chi connectivity index (χ1n) is 8.86. The van der Waals surface area contributed by atoms with E-state index in [1.165, 1.54) is 6.20 Å². The van der Waals surface area contributed by atoms with Crippen LogP contribution in [-0.4, -0.2) is 37.4 Å². The highest BCUT2D eigenvalue weighted by molar-refractivity contribution is 5.94. The summed E-state index contributed by atoms with van der Waals surface area (Å²) in [6.45, 7) is 0.423. The van der Waals surface area contributed by atoms with Crippen molar-refractivity contribution in [2.24, 2.45) is 7.05 Å². The Morgan fingerprint density at radius 1 is 1.07 bits per heavy atom. The van der Waals surface area contributed by atoms with Crippen molar-refractivity contribution in [2.45, 2.75) is 6.54 Å². The van der Waals surface area contributed by atoms with Gasteiger partial charge in [-0.05, 0) is 24.3 Å². The predicted octanol–water partition coefficient (Wildman–Crippen LogP) is 2.88. The second kappa shape index (κ2) is 7.11. The number of fused-ring (bicyclic) bond motifs is 1. The largest absolute Gasteiger partial charge is 0.382 e. The summed E-state index contributed by atoms with van der Waals surface area (Å²) in [6.07, 6.45) is 3.14. The van der Waals surface area contributed by atoms with Crippen LogP contribution in [0.25, 0.3) is 22.3 Å². The molecule has 2 aromatic carbocycles. The molecule has 7 heteroatoms. The van der Waals surface area contributed by atoms with Gasteiger partial charge in [0.1, 0.15) is 11.6 Å². The number of nitrogens with zero attached hydrogens (tertiary/aromatic N) is 5. The van der Waals surface area contributed by atoms with Crippen LogP contribution in [0.1, 0.15) is 16.2 Å². The first-order chi connectivity index (χ1) is 13.5. The minimum absolute atomic E-state index is 0.0720. The molecule has 2 heterocycles. The highest BCUT2D eigenvalue weighted by atomic mass is 16.2. The van der Waals surface area contributed by atoms with Gasteiger partial charge in [0.25, 0.3) is 5.91 Å². The summed E-state index contributed by atoms with van der Waals surface area (Å²) in [5.74, 6) is 1.13. The maximum atomic E-state index is 12.8. The number of aromatic nitrogens is 4. The van der Waals surface area contributed by atoms with Gasteiger partial charge >= 0.3 is 0 Å². The Labute approximate surface area is 162 Å². The lowest BCUT2D eigenvalue weighted by Crippen LogP contribution is -2.27. The SMILES string of the molecule is CN(Cc1nc2ccccc2n1C)C(=O)c1ccc(-c2cncc(N)n2)cc1. The smallest absolute Gasteiger partial charge is 0.254 e. The molecule has 0 spiro atoms. The van der Waals surface area contributed by atoms with Crippen molar-refractivity contribution >= 4 is 22.8 Å². The number of nitrogen functional groups attached to an aromatic ring is 1. The van der Waals surface area contributed by atoms with Gasteiger partial charge in [-0.3, -0.25) is 9.78 Å². The molecule has 140 valence electrons. The molecular weight excluding hydrogens is 352 g/mol. The lowest BCUT2D eigenvalue weighted by atomic mass is 10.1. The molecule has 0 aliphatic carbocycles. The highest BCUT2D eigenvalue weighted by Crippen LogP contribution is 2.19. The number of hydrogen-bond donors (Lipinski definition) is 1. The van der Waals surface area contributed by atoms with Crippen molar-refractivity contribution in [3.05, 3.63) is 72.3 Å². The first kappa shape index (κ1) is 17.7. The van der Waals surface area contributed by atoms with E-state index in [0.717, 1.165) is 22.4 Å². The van der Waals surface area contributed by atoms with E-state index in [0.29, 0.717) is 23.6 Å². The Balaban J connectivity index is 1.52. The predicted molar refractivity (Wildman–Crippen MR) is 108 cm³/mol. The van der Waals surface area contributed by atoms with Crippen molar-refractivity contribution in [1.82, 2.24) is 24.4 Å². The van der Waals surface area contributed by atoms with E-state index < -0.39 is 0 Å². The van der Waals surface area contributed by atoms with Crippen LogP contribution >= 0.6 is 0 Å². The van der Waals surface area contributed by atoms with Crippen molar-refractivity contribution < 1.29 is 4.79 Å². The van der Waals surface area contributed by atoms with Gasteiger partial charge in [-0.2, -0.15) is 0 Å². The normalized spacial score (nSPS) is 10.9. The number of carbonyl (C=O) groups is 1. The van der Waals surface area contributed by atoms with E-state index in [1.807, 2.05) is 48.0 Å². The van der Waals surface area contributed by atoms with Crippen LogP contribution in [0.4, 0.5) is 5.82 Å². The number of hydrogen-bond acceptors (Lipinski definition) is 5. The minimum atomic E-state index is -0.0720. The van der Waals surface area contributed by atoms with Crippen LogP contribution in [0, 0.1) is 0 Å². The van der Waals surface area contributed by atoms with Crippen LogP contribution in [0.15, 0.2) is 60.9 Å². The van der Waals surface area contributed by atoms with Gasteiger partial charge in [0, 0.05) is 25.2 Å². The summed E-state index contributed by atoms with van der Waals surface area (Å²) < 4.78 is 2.01. The molecule has 28 heavy (non-hydrogen) atoms. The number of imidazole rings is 1. The van der Waals surface area contributed by atoms with Crippen LogP contribution < -0.4 is 5.73 Å². The Kier molecular flexibility index (Phi) is 4.49. The maximum Gasteiger partial charge on any atom is 0.254 e. The zero-order valence-corrected chi connectivity index (χ0v) is 15.7. The number of carbonyl (C=O) groups excluding carboxylic acids is 1. The standard InChI is InChI=1S/C21H20N6O/c1-26(13-20-25-16-5-3-4-6-18(16)27(20)2)21(28)15-9-7-14(8-10-15)17-11-23-12-19(22)24-17/h3-12H,13H2,1-2H3,(H2,22,24). The average Bonchev–Trinajstić information content (AvgIpc) is 3.03. The van der Waals surface area contributed by atoms with E-state index in [1.54, 1.807) is 30.3 Å². The molecule has 0 fully saturated rings. The molecule has 0 aliphatic rings. The molecule has 4 aromatic rings. The topological polar surface area (TPSA) is 89.9 Å². The number of aryl methyl sites for hydroxylation is 1. The number of benzene rings is 2. The fraction of sp³-hybridized carbons (Fsp3) is 0.143. The molecular formula is C21H20N6O. The third-order valence-corrected chi connectivity index (χ3v) is 4.69. The zero-order valence-electron chi connectivity index (χ0n) is 15.7. The number of nitrogens with two attached hydrogens (primary N) is 1. The quantitative estimate of drug-likeness (QED) is 0.595. The third-order valence-electron chi connectivity index (χ3n) is 4.69. The van der Waals surface area contributed by atoms with Crippen LogP contribution in [0.5, 0.6) is 0 Å². The summed E-state index contributed by atoms with van der Waals surface area (Å²) in [5.41, 5.74) is 9.78. The van der Waals surface area contributed by atoms with Gasteiger partial charge < -0.3 is 15.2 Å². The van der Waals surface area contributed by atoms with Gasteiger partial charge in [-0.15, -0.1) is 0 Å². The van der Waals surface area contributed by atoms with E-state index in [4.69, 9.17) is 5.73 Å². The van der Waals surface area contributed by atoms with E-state index in [9.17, 15) is 4.79 Å². The number of para-hydroxylation sites is 2. The monoisotopic (exact) mass is 372 g/mol. The van der Waals surface area contributed by atoms with Crippen LogP contribution in [-0.2, 0) is 13.6 Å². The molecule has 0 bridgehead atoms. The molecule has 0 saturated carbocycles. The maximum absolute atomic E-state index is 12.8. The molecule has 1 amide bonds. The summed E-state index contributed by atoms with van der Waals surface area (Å²) in [6, 6.07) is 15.2. The van der Waals surface area contributed by atoms with Crippen molar-refractivity contribution in [1.29, 1.82) is 0 Å². The Hall–Kier alpha value is -3.74. The lowest BCUT2D eigenvalue weighted by Gasteiger charge is -2.17. The van der Waals surface area contributed by atoms with Crippen molar-refractivity contribution in [3.63, 3.8) is 0 Å². The van der Waals surface area contributed by atoms with Gasteiger partial charge in [0.05, 0.1) is 35.7 Å². The summed E-state index contributed by atoms with van der Waals surface area (Å²) in [5, 5.41) is 0. The molecule has 0 aliphatic heterocycles. The minimum Gasteiger partial charge on any atom is -0.382 e. The lowest BCUT2D eigenvalue weighted by molar-refractivity contribution is 0.0780. The van der Waals surface area contributed by atoms with E-state index in [2.05, 4.69) is 15.0 Å². The summed E-state index contributed by atoms with van der Waals surface area (Å²) in [4.78, 5) is 27.4. The van der Waals surface area contributed by atoms with Gasteiger partial charge in [0.15, 0.2) is 0 Å². The van der Waals surface area contributed by atoms with E-state index in [-0.39, 0.29) is 5.91 Å². The number of anilines is 1. The second-order valence-corrected chi connectivity index (χ2v) is 6.64. The Bertz CT molecular complexity index is 1150. The molecule has 0 atom stereocenters. The molecule has 0 unspecified atom stereocenters. The molecule has 0 saturated heterocycles.